The van der Waals surface area contributed by atoms with Crippen LogP contribution < -0.4 is 11.5 Å². The summed E-state index contributed by atoms with van der Waals surface area (Å²) in [5, 5.41) is 9.06. The van der Waals surface area contributed by atoms with Crippen molar-refractivity contribution in [3.8, 4) is 0 Å². The molecule has 0 saturated heterocycles. The van der Waals surface area contributed by atoms with E-state index in [2.05, 4.69) is 0 Å². The number of nitrogen functional groups attached to an aromatic ring is 1. The molecule has 1 rings (SSSR count). The summed E-state index contributed by atoms with van der Waals surface area (Å²) in [6.07, 6.45) is 0. The van der Waals surface area contributed by atoms with Gasteiger partial charge < -0.3 is 16.6 Å². The molecule has 0 aliphatic carbocycles. The van der Waals surface area contributed by atoms with E-state index in [-0.39, 0.29) is 25.0 Å². The maximum atomic E-state index is 11.0. The Bertz CT molecular complexity index is 378. The lowest BCUT2D eigenvalue weighted by molar-refractivity contribution is -0.119. The Morgan fingerprint density at radius 3 is 2.50 bits per heavy atom. The molecule has 0 aliphatic rings. The number of carbonyl (C=O) groups is 1. The third-order valence-electron chi connectivity index (χ3n) is 2.65. The first-order valence-electron chi connectivity index (χ1n) is 5.97. The Hall–Kier alpha value is -1.59. The monoisotopic (exact) mass is 251 g/mol. The van der Waals surface area contributed by atoms with Gasteiger partial charge in [-0.3, -0.25) is 9.69 Å². The SMILES string of the molecule is CC(CO)CN(CC(N)=O)Cc1ccc(N)cc1. The normalized spacial score (nSPS) is 12.6. The van der Waals surface area contributed by atoms with Crippen molar-refractivity contribution >= 4 is 11.6 Å². The second kappa shape index (κ2) is 6.98. The van der Waals surface area contributed by atoms with Crippen LogP contribution in [0.15, 0.2) is 24.3 Å². The molecule has 0 fully saturated rings. The predicted molar refractivity (Wildman–Crippen MR) is 71.6 cm³/mol. The Labute approximate surface area is 107 Å². The molecular formula is C13H21N3O2. The number of aliphatic hydroxyl groups is 1. The van der Waals surface area contributed by atoms with Crippen LogP contribution in [-0.2, 0) is 11.3 Å². The summed E-state index contributed by atoms with van der Waals surface area (Å²) in [5.41, 5.74) is 12.6. The Morgan fingerprint density at radius 2 is 2.00 bits per heavy atom. The van der Waals surface area contributed by atoms with Gasteiger partial charge in [0.25, 0.3) is 0 Å². The summed E-state index contributed by atoms with van der Waals surface area (Å²) in [7, 11) is 0. The third kappa shape index (κ3) is 5.16. The summed E-state index contributed by atoms with van der Waals surface area (Å²) < 4.78 is 0. The van der Waals surface area contributed by atoms with Crippen LogP contribution in [-0.4, -0.2) is 35.6 Å². The van der Waals surface area contributed by atoms with Crippen molar-refractivity contribution in [3.05, 3.63) is 29.8 Å². The Balaban J connectivity index is 2.65. The number of nitrogens with two attached hydrogens (primary N) is 2. The first-order valence-corrected chi connectivity index (χ1v) is 5.97. The van der Waals surface area contributed by atoms with E-state index in [1.54, 1.807) is 0 Å². The number of aliphatic hydroxyl groups excluding tert-OH is 1. The zero-order valence-corrected chi connectivity index (χ0v) is 10.7. The van der Waals surface area contributed by atoms with Crippen LogP contribution in [0.3, 0.4) is 0 Å². The van der Waals surface area contributed by atoms with Gasteiger partial charge in [0.1, 0.15) is 0 Å². The van der Waals surface area contributed by atoms with E-state index in [0.29, 0.717) is 18.8 Å². The highest BCUT2D eigenvalue weighted by atomic mass is 16.3. The van der Waals surface area contributed by atoms with Crippen molar-refractivity contribution < 1.29 is 9.90 Å². The molecule has 1 amide bonds. The first-order chi connectivity index (χ1) is 8.51. The van der Waals surface area contributed by atoms with Gasteiger partial charge in [-0.2, -0.15) is 0 Å². The van der Waals surface area contributed by atoms with Crippen molar-refractivity contribution in [2.75, 3.05) is 25.4 Å². The molecule has 5 N–H and O–H groups in total. The fourth-order valence-electron chi connectivity index (χ4n) is 1.79. The van der Waals surface area contributed by atoms with E-state index in [0.717, 1.165) is 5.56 Å². The standard InChI is InChI=1S/C13H21N3O2/c1-10(9-17)6-16(8-13(15)18)7-11-2-4-12(14)5-3-11/h2-5,10,17H,6-9,14H2,1H3,(H2,15,18). The van der Waals surface area contributed by atoms with Gasteiger partial charge >= 0.3 is 0 Å². The van der Waals surface area contributed by atoms with Crippen molar-refractivity contribution in [2.45, 2.75) is 13.5 Å². The number of amides is 1. The minimum atomic E-state index is -0.365. The van der Waals surface area contributed by atoms with Crippen LogP contribution in [0.2, 0.25) is 0 Å². The second-order valence-electron chi connectivity index (χ2n) is 4.67. The van der Waals surface area contributed by atoms with Gasteiger partial charge in [0.15, 0.2) is 0 Å². The van der Waals surface area contributed by atoms with Crippen LogP contribution in [0.1, 0.15) is 12.5 Å². The largest absolute Gasteiger partial charge is 0.399 e. The quantitative estimate of drug-likeness (QED) is 0.603. The molecule has 0 aliphatic heterocycles. The molecule has 0 radical (unpaired) electrons. The van der Waals surface area contributed by atoms with Gasteiger partial charge in [-0.1, -0.05) is 19.1 Å². The molecule has 1 aromatic carbocycles. The van der Waals surface area contributed by atoms with Crippen molar-refractivity contribution in [1.29, 1.82) is 0 Å². The topological polar surface area (TPSA) is 92.6 Å². The maximum absolute atomic E-state index is 11.0. The fourth-order valence-corrected chi connectivity index (χ4v) is 1.79. The number of carbonyl (C=O) groups excluding carboxylic acids is 1. The van der Waals surface area contributed by atoms with E-state index in [1.807, 2.05) is 36.1 Å². The van der Waals surface area contributed by atoms with Crippen LogP contribution in [0.4, 0.5) is 5.69 Å². The Kier molecular flexibility index (Phi) is 5.61. The van der Waals surface area contributed by atoms with Gasteiger partial charge in [0.2, 0.25) is 5.91 Å². The lowest BCUT2D eigenvalue weighted by Crippen LogP contribution is -2.36. The van der Waals surface area contributed by atoms with Crippen LogP contribution >= 0.6 is 0 Å². The smallest absolute Gasteiger partial charge is 0.231 e. The highest BCUT2D eigenvalue weighted by Crippen LogP contribution is 2.10. The molecule has 1 unspecified atom stereocenters. The molecule has 0 aromatic heterocycles. The van der Waals surface area contributed by atoms with E-state index in [4.69, 9.17) is 16.6 Å². The van der Waals surface area contributed by atoms with Gasteiger partial charge in [-0.15, -0.1) is 0 Å². The van der Waals surface area contributed by atoms with Crippen molar-refractivity contribution in [1.82, 2.24) is 4.90 Å². The lowest BCUT2D eigenvalue weighted by Gasteiger charge is -2.23. The van der Waals surface area contributed by atoms with Crippen LogP contribution in [0, 0.1) is 5.92 Å². The number of hydrogen-bond donors (Lipinski definition) is 3. The minimum Gasteiger partial charge on any atom is -0.399 e. The number of anilines is 1. The summed E-state index contributed by atoms with van der Waals surface area (Å²) in [6.45, 7) is 3.46. The van der Waals surface area contributed by atoms with Crippen molar-refractivity contribution in [2.24, 2.45) is 11.7 Å². The van der Waals surface area contributed by atoms with Crippen LogP contribution in [0.5, 0.6) is 0 Å². The molecule has 0 spiro atoms. The molecule has 1 atom stereocenters. The molecule has 1 aromatic rings. The van der Waals surface area contributed by atoms with Crippen molar-refractivity contribution in [3.63, 3.8) is 0 Å². The number of benzene rings is 1. The average molecular weight is 251 g/mol. The lowest BCUT2D eigenvalue weighted by atomic mass is 10.1. The molecular weight excluding hydrogens is 230 g/mol. The van der Waals surface area contributed by atoms with E-state index < -0.39 is 0 Å². The molecule has 0 heterocycles. The molecule has 5 heteroatoms. The zero-order chi connectivity index (χ0) is 13.5. The Morgan fingerprint density at radius 1 is 1.39 bits per heavy atom. The fraction of sp³-hybridized carbons (Fsp3) is 0.462. The highest BCUT2D eigenvalue weighted by molar-refractivity contribution is 5.75. The number of nitrogens with zero attached hydrogens (tertiary/aromatic N) is 1. The maximum Gasteiger partial charge on any atom is 0.231 e. The summed E-state index contributed by atoms with van der Waals surface area (Å²) in [5.74, 6) is -0.256. The summed E-state index contributed by atoms with van der Waals surface area (Å²) in [6, 6.07) is 7.50. The number of rotatable bonds is 7. The third-order valence-corrected chi connectivity index (χ3v) is 2.65. The van der Waals surface area contributed by atoms with E-state index in [1.165, 1.54) is 0 Å². The van der Waals surface area contributed by atoms with Gasteiger partial charge in [0.05, 0.1) is 6.54 Å². The van der Waals surface area contributed by atoms with Gasteiger partial charge in [0, 0.05) is 25.4 Å². The highest BCUT2D eigenvalue weighted by Gasteiger charge is 2.12. The molecule has 0 saturated carbocycles. The molecule has 5 nitrogen and oxygen atoms in total. The van der Waals surface area contributed by atoms with Gasteiger partial charge in [-0.25, -0.2) is 0 Å². The molecule has 18 heavy (non-hydrogen) atoms. The summed E-state index contributed by atoms with van der Waals surface area (Å²) in [4.78, 5) is 12.9. The minimum absolute atomic E-state index is 0.0942. The second-order valence-corrected chi connectivity index (χ2v) is 4.67. The number of hydrogen-bond acceptors (Lipinski definition) is 4. The number of primary amides is 1. The molecule has 100 valence electrons. The first kappa shape index (κ1) is 14.5. The van der Waals surface area contributed by atoms with Crippen LogP contribution in [0.25, 0.3) is 0 Å². The summed E-state index contributed by atoms with van der Waals surface area (Å²) >= 11 is 0. The molecule has 0 bridgehead atoms. The van der Waals surface area contributed by atoms with E-state index in [9.17, 15) is 4.79 Å². The average Bonchev–Trinajstić information content (AvgIpc) is 2.31. The predicted octanol–water partition coefficient (Wildman–Crippen LogP) is 0.185. The van der Waals surface area contributed by atoms with Gasteiger partial charge in [-0.05, 0) is 23.6 Å². The van der Waals surface area contributed by atoms with E-state index >= 15 is 0 Å². The zero-order valence-electron chi connectivity index (χ0n) is 10.7.